The van der Waals surface area contributed by atoms with Gasteiger partial charge in [-0.1, -0.05) is 6.07 Å². The second-order valence-corrected chi connectivity index (χ2v) is 7.41. The molecular weight excluding hydrogens is 449 g/mol. The monoisotopic (exact) mass is 476 g/mol. The van der Waals surface area contributed by atoms with Crippen LogP contribution < -0.4 is 5.32 Å². The molecule has 0 aromatic heterocycles. The zero-order chi connectivity index (χ0) is 17.4. The molecule has 26 heavy (non-hydrogen) atoms. The second kappa shape index (κ2) is 8.37. The summed E-state index contributed by atoms with van der Waals surface area (Å²) in [4.78, 5) is 9.28. The smallest absolute Gasteiger partial charge is 0.193 e. The number of benzene rings is 1. The molecule has 0 radical (unpaired) electrons. The van der Waals surface area contributed by atoms with E-state index in [1.165, 1.54) is 44.1 Å². The molecule has 2 aliphatic heterocycles. The molecule has 3 fully saturated rings. The van der Waals surface area contributed by atoms with Gasteiger partial charge >= 0.3 is 0 Å². The number of guanidine groups is 1. The molecule has 0 spiro atoms. The number of rotatable bonds is 3. The molecule has 1 aliphatic carbocycles. The van der Waals surface area contributed by atoms with E-state index in [1.807, 2.05) is 0 Å². The van der Waals surface area contributed by atoms with E-state index in [4.69, 9.17) is 0 Å². The van der Waals surface area contributed by atoms with Gasteiger partial charge in [0.05, 0.1) is 0 Å². The average molecular weight is 476 g/mol. The summed E-state index contributed by atoms with van der Waals surface area (Å²) in [5, 5.41) is 3.42. The van der Waals surface area contributed by atoms with Gasteiger partial charge in [0.2, 0.25) is 0 Å². The first-order valence-electron chi connectivity index (χ1n) is 9.33. The lowest BCUT2D eigenvalue weighted by Gasteiger charge is -2.25. The summed E-state index contributed by atoms with van der Waals surface area (Å²) in [5.41, 5.74) is 0.215. The first-order valence-corrected chi connectivity index (χ1v) is 9.33. The highest BCUT2D eigenvalue weighted by Gasteiger charge is 2.43. The molecular formula is C19H27F2IN4. The summed E-state index contributed by atoms with van der Waals surface area (Å²) in [6.07, 6.45) is 4.53. The SMILES string of the molecule is CN=C(NC1CC1c1c(F)cccc1F)N1CCC(N2CCCC2)C1.I. The zero-order valence-corrected chi connectivity index (χ0v) is 17.5. The van der Waals surface area contributed by atoms with Crippen LogP contribution in [-0.2, 0) is 0 Å². The molecule has 3 atom stereocenters. The van der Waals surface area contributed by atoms with Crippen molar-refractivity contribution < 1.29 is 8.78 Å². The molecule has 1 saturated carbocycles. The second-order valence-electron chi connectivity index (χ2n) is 7.41. The minimum absolute atomic E-state index is 0. The summed E-state index contributed by atoms with van der Waals surface area (Å²) in [6, 6.07) is 4.77. The van der Waals surface area contributed by atoms with Crippen LogP contribution in [0.1, 0.15) is 37.2 Å². The lowest BCUT2D eigenvalue weighted by atomic mass is 10.1. The lowest BCUT2D eigenvalue weighted by molar-refractivity contribution is 0.249. The number of nitrogens with zero attached hydrogens (tertiary/aromatic N) is 3. The van der Waals surface area contributed by atoms with Gasteiger partial charge in [-0.3, -0.25) is 9.89 Å². The first kappa shape index (κ1) is 19.8. The Labute approximate surface area is 171 Å². The summed E-state index contributed by atoms with van der Waals surface area (Å²) >= 11 is 0. The fourth-order valence-corrected chi connectivity index (χ4v) is 4.34. The zero-order valence-electron chi connectivity index (χ0n) is 15.1. The Kier molecular flexibility index (Phi) is 6.37. The van der Waals surface area contributed by atoms with Gasteiger partial charge in [-0.25, -0.2) is 8.78 Å². The molecule has 144 valence electrons. The molecule has 2 heterocycles. The molecule has 4 rings (SSSR count). The maximum atomic E-state index is 13.9. The number of likely N-dealkylation sites (tertiary alicyclic amines) is 2. The number of hydrogen-bond acceptors (Lipinski definition) is 2. The van der Waals surface area contributed by atoms with Crippen molar-refractivity contribution in [2.24, 2.45) is 4.99 Å². The summed E-state index contributed by atoms with van der Waals surface area (Å²) in [7, 11) is 1.78. The van der Waals surface area contributed by atoms with Gasteiger partial charge in [-0.2, -0.15) is 0 Å². The van der Waals surface area contributed by atoms with E-state index in [-0.39, 0.29) is 41.5 Å². The van der Waals surface area contributed by atoms with E-state index in [0.29, 0.717) is 6.04 Å². The molecule has 4 nitrogen and oxygen atoms in total. The topological polar surface area (TPSA) is 30.9 Å². The Bertz CT molecular complexity index is 643. The largest absolute Gasteiger partial charge is 0.353 e. The number of hydrogen-bond donors (Lipinski definition) is 1. The third kappa shape index (κ3) is 3.98. The number of nitrogens with one attached hydrogen (secondary N) is 1. The van der Waals surface area contributed by atoms with Gasteiger partial charge in [-0.05, 0) is 50.9 Å². The summed E-state index contributed by atoms with van der Waals surface area (Å²) in [6.45, 7) is 4.40. The molecule has 1 N–H and O–H groups in total. The molecule has 0 amide bonds. The standard InChI is InChI=1S/C19H26F2N4.HI/c1-22-19(25-10-7-13(12-25)24-8-2-3-9-24)23-17-11-14(17)18-15(20)5-4-6-16(18)21;/h4-6,13-14,17H,2-3,7-12H2,1H3,(H,22,23);1H. The quantitative estimate of drug-likeness (QED) is 0.413. The van der Waals surface area contributed by atoms with Crippen LogP contribution >= 0.6 is 24.0 Å². The minimum atomic E-state index is -0.445. The summed E-state index contributed by atoms with van der Waals surface area (Å²) < 4.78 is 27.9. The normalized spacial score (nSPS) is 29.0. The van der Waals surface area contributed by atoms with Crippen LogP contribution in [-0.4, -0.2) is 61.1 Å². The highest BCUT2D eigenvalue weighted by atomic mass is 127. The molecule has 7 heteroatoms. The molecule has 3 aliphatic rings. The van der Waals surface area contributed by atoms with Crippen LogP contribution in [0.25, 0.3) is 0 Å². The van der Waals surface area contributed by atoms with Crippen LogP contribution in [0.4, 0.5) is 8.78 Å². The Morgan fingerprint density at radius 2 is 1.85 bits per heavy atom. The Morgan fingerprint density at radius 1 is 1.15 bits per heavy atom. The number of halogens is 3. The van der Waals surface area contributed by atoms with Crippen LogP contribution in [0.2, 0.25) is 0 Å². The maximum Gasteiger partial charge on any atom is 0.193 e. The van der Waals surface area contributed by atoms with Crippen LogP contribution in [0.15, 0.2) is 23.2 Å². The Balaban J connectivity index is 0.00000196. The van der Waals surface area contributed by atoms with Gasteiger partial charge in [-0.15, -0.1) is 24.0 Å². The van der Waals surface area contributed by atoms with Crippen molar-refractivity contribution in [1.29, 1.82) is 0 Å². The van der Waals surface area contributed by atoms with E-state index >= 15 is 0 Å². The fourth-order valence-electron chi connectivity index (χ4n) is 4.34. The molecule has 3 unspecified atom stereocenters. The minimum Gasteiger partial charge on any atom is -0.353 e. The van der Waals surface area contributed by atoms with Crippen LogP contribution in [0.3, 0.4) is 0 Å². The number of aliphatic imine (C=N–C) groups is 1. The van der Waals surface area contributed by atoms with E-state index in [9.17, 15) is 8.78 Å². The lowest BCUT2D eigenvalue weighted by Crippen LogP contribution is -2.43. The van der Waals surface area contributed by atoms with Crippen molar-refractivity contribution >= 4 is 29.9 Å². The van der Waals surface area contributed by atoms with Crippen molar-refractivity contribution in [3.05, 3.63) is 35.4 Å². The van der Waals surface area contributed by atoms with Crippen molar-refractivity contribution in [2.45, 2.75) is 43.7 Å². The van der Waals surface area contributed by atoms with Crippen LogP contribution in [0, 0.1) is 11.6 Å². The highest BCUT2D eigenvalue weighted by molar-refractivity contribution is 14.0. The first-order chi connectivity index (χ1) is 12.2. The average Bonchev–Trinajstić information content (AvgIpc) is 3.03. The Morgan fingerprint density at radius 3 is 2.50 bits per heavy atom. The predicted molar refractivity (Wildman–Crippen MR) is 110 cm³/mol. The van der Waals surface area contributed by atoms with Crippen molar-refractivity contribution in [2.75, 3.05) is 33.2 Å². The van der Waals surface area contributed by atoms with Gasteiger partial charge in [0.15, 0.2) is 5.96 Å². The van der Waals surface area contributed by atoms with Crippen LogP contribution in [0.5, 0.6) is 0 Å². The molecule has 2 saturated heterocycles. The maximum absolute atomic E-state index is 13.9. The van der Waals surface area contributed by atoms with E-state index in [2.05, 4.69) is 20.1 Å². The summed E-state index contributed by atoms with van der Waals surface area (Å²) in [5.74, 6) is -0.125. The van der Waals surface area contributed by atoms with E-state index in [1.54, 1.807) is 7.05 Å². The van der Waals surface area contributed by atoms with E-state index < -0.39 is 11.6 Å². The fraction of sp³-hybridized carbons (Fsp3) is 0.632. The van der Waals surface area contributed by atoms with Gasteiger partial charge < -0.3 is 10.2 Å². The molecule has 0 bridgehead atoms. The Hall–Kier alpha value is -0.960. The van der Waals surface area contributed by atoms with Gasteiger partial charge in [0.1, 0.15) is 11.6 Å². The predicted octanol–water partition coefficient (Wildman–Crippen LogP) is 3.18. The van der Waals surface area contributed by atoms with Crippen molar-refractivity contribution in [3.8, 4) is 0 Å². The van der Waals surface area contributed by atoms with Gasteiger partial charge in [0, 0.05) is 43.7 Å². The van der Waals surface area contributed by atoms with Crippen molar-refractivity contribution in [1.82, 2.24) is 15.1 Å². The third-order valence-electron chi connectivity index (χ3n) is 5.81. The molecule has 1 aromatic carbocycles. The van der Waals surface area contributed by atoms with Crippen molar-refractivity contribution in [3.63, 3.8) is 0 Å². The van der Waals surface area contributed by atoms with Gasteiger partial charge in [0.25, 0.3) is 0 Å². The highest BCUT2D eigenvalue weighted by Crippen LogP contribution is 2.43. The molecule has 1 aromatic rings. The third-order valence-corrected chi connectivity index (χ3v) is 5.81. The van der Waals surface area contributed by atoms with E-state index in [0.717, 1.165) is 31.9 Å².